The summed E-state index contributed by atoms with van der Waals surface area (Å²) in [5.41, 5.74) is 2.53. The number of carbonyl (C=O) groups excluding carboxylic acids is 1. The van der Waals surface area contributed by atoms with Crippen LogP contribution >= 0.6 is 11.3 Å². The number of non-ortho nitro benzene ring substituents is 1. The minimum Gasteiger partial charge on any atom is -0.427 e. The summed E-state index contributed by atoms with van der Waals surface area (Å²) in [6, 6.07) is 15.0. The molecule has 0 N–H and O–H groups in total. The molecule has 0 amide bonds. The van der Waals surface area contributed by atoms with Gasteiger partial charge in [-0.05, 0) is 35.9 Å². The topological polar surface area (TPSA) is 106 Å². The van der Waals surface area contributed by atoms with Crippen molar-refractivity contribution in [3.05, 3.63) is 74.6 Å². The number of hydrogen-bond donors (Lipinski definition) is 0. The Balaban J connectivity index is 1.83. The van der Waals surface area contributed by atoms with Crippen LogP contribution in [0.3, 0.4) is 0 Å². The monoisotopic (exact) mass is 391 g/mol. The van der Waals surface area contributed by atoms with Crippen LogP contribution in [-0.2, 0) is 4.79 Å². The van der Waals surface area contributed by atoms with Crippen LogP contribution in [0.2, 0.25) is 0 Å². The third kappa shape index (κ3) is 4.47. The number of nitro benzene ring substituents is 1. The highest BCUT2D eigenvalue weighted by atomic mass is 32.1. The average molecular weight is 391 g/mol. The number of nitrogens with zero attached hydrogens (tertiary/aromatic N) is 3. The maximum Gasteiger partial charge on any atom is 0.308 e. The predicted octanol–water partition coefficient (Wildman–Crippen LogP) is 4.71. The fourth-order valence-corrected chi connectivity index (χ4v) is 3.19. The minimum atomic E-state index is -0.459. The molecule has 0 unspecified atom stereocenters. The molecule has 8 heteroatoms. The third-order valence-electron chi connectivity index (χ3n) is 3.68. The lowest BCUT2D eigenvalue weighted by molar-refractivity contribution is -0.384. The summed E-state index contributed by atoms with van der Waals surface area (Å²) in [4.78, 5) is 25.7. The lowest BCUT2D eigenvalue weighted by atomic mass is 10.1. The van der Waals surface area contributed by atoms with E-state index in [4.69, 9.17) is 4.74 Å². The van der Waals surface area contributed by atoms with Gasteiger partial charge in [0.2, 0.25) is 0 Å². The van der Waals surface area contributed by atoms with E-state index in [-0.39, 0.29) is 5.69 Å². The number of hydrogen-bond acceptors (Lipinski definition) is 7. The highest BCUT2D eigenvalue weighted by molar-refractivity contribution is 7.11. The van der Waals surface area contributed by atoms with Gasteiger partial charge in [0.15, 0.2) is 0 Å². The maximum atomic E-state index is 11.0. The first-order valence-electron chi connectivity index (χ1n) is 8.07. The molecule has 0 fully saturated rings. The molecule has 1 aromatic heterocycles. The average Bonchev–Trinajstić information content (AvgIpc) is 3.17. The molecule has 0 spiro atoms. The van der Waals surface area contributed by atoms with Crippen molar-refractivity contribution in [1.29, 1.82) is 5.26 Å². The molecule has 0 aliphatic carbocycles. The second-order valence-corrected chi connectivity index (χ2v) is 6.53. The van der Waals surface area contributed by atoms with Crippen LogP contribution in [0, 0.1) is 21.4 Å². The molecule has 0 aliphatic heterocycles. The van der Waals surface area contributed by atoms with E-state index in [1.54, 1.807) is 47.9 Å². The number of benzene rings is 2. The van der Waals surface area contributed by atoms with E-state index in [2.05, 4.69) is 11.1 Å². The van der Waals surface area contributed by atoms with Gasteiger partial charge in [0, 0.05) is 30.0 Å². The largest absolute Gasteiger partial charge is 0.427 e. The highest BCUT2D eigenvalue weighted by Crippen LogP contribution is 2.28. The van der Waals surface area contributed by atoms with Crippen molar-refractivity contribution in [3.8, 4) is 23.1 Å². The Kier molecular flexibility index (Phi) is 5.58. The second-order valence-electron chi connectivity index (χ2n) is 5.67. The van der Waals surface area contributed by atoms with E-state index in [0.717, 1.165) is 11.1 Å². The first-order valence-corrected chi connectivity index (χ1v) is 8.95. The third-order valence-corrected chi connectivity index (χ3v) is 4.56. The second kappa shape index (κ2) is 8.24. The molecule has 0 bridgehead atoms. The normalized spacial score (nSPS) is 10.9. The van der Waals surface area contributed by atoms with Gasteiger partial charge < -0.3 is 4.74 Å². The van der Waals surface area contributed by atoms with Crippen LogP contribution in [-0.4, -0.2) is 15.9 Å². The molecule has 0 saturated heterocycles. The zero-order valence-corrected chi connectivity index (χ0v) is 15.5. The lowest BCUT2D eigenvalue weighted by Gasteiger charge is -2.01. The summed E-state index contributed by atoms with van der Waals surface area (Å²) in [5, 5.41) is 22.6. The summed E-state index contributed by atoms with van der Waals surface area (Å²) in [6.45, 7) is 1.33. The van der Waals surface area contributed by atoms with Crippen molar-refractivity contribution in [2.45, 2.75) is 6.92 Å². The first-order chi connectivity index (χ1) is 13.5. The number of carbonyl (C=O) groups is 1. The Hall–Kier alpha value is -3.83. The molecular formula is C20H13N3O4S. The Morgan fingerprint density at radius 1 is 1.21 bits per heavy atom. The highest BCUT2D eigenvalue weighted by Gasteiger charge is 2.11. The van der Waals surface area contributed by atoms with E-state index < -0.39 is 10.9 Å². The summed E-state index contributed by atoms with van der Waals surface area (Å²) < 4.78 is 4.98. The van der Waals surface area contributed by atoms with E-state index >= 15 is 0 Å². The van der Waals surface area contributed by atoms with Gasteiger partial charge in [-0.3, -0.25) is 14.9 Å². The van der Waals surface area contributed by atoms with Gasteiger partial charge in [-0.15, -0.1) is 11.3 Å². The van der Waals surface area contributed by atoms with Crippen molar-refractivity contribution in [3.63, 3.8) is 0 Å². The van der Waals surface area contributed by atoms with Gasteiger partial charge >= 0.3 is 5.97 Å². The first kappa shape index (κ1) is 18.9. The quantitative estimate of drug-likeness (QED) is 0.205. The van der Waals surface area contributed by atoms with Crippen LogP contribution in [0.25, 0.3) is 22.9 Å². The number of nitriles is 1. The number of ether oxygens (including phenoxy) is 1. The van der Waals surface area contributed by atoms with Crippen LogP contribution in [0.5, 0.6) is 5.75 Å². The van der Waals surface area contributed by atoms with Crippen molar-refractivity contribution in [2.75, 3.05) is 0 Å². The van der Waals surface area contributed by atoms with Gasteiger partial charge in [-0.25, -0.2) is 4.98 Å². The van der Waals surface area contributed by atoms with Gasteiger partial charge in [-0.2, -0.15) is 5.26 Å². The maximum absolute atomic E-state index is 11.0. The zero-order chi connectivity index (χ0) is 20.1. The fraction of sp³-hybridized carbons (Fsp3) is 0.0500. The zero-order valence-electron chi connectivity index (χ0n) is 14.7. The number of nitro groups is 1. The molecule has 3 rings (SSSR count). The predicted molar refractivity (Wildman–Crippen MR) is 105 cm³/mol. The van der Waals surface area contributed by atoms with Crippen molar-refractivity contribution >= 4 is 34.6 Å². The molecule has 7 nitrogen and oxygen atoms in total. The Bertz CT molecular complexity index is 1090. The van der Waals surface area contributed by atoms with Gasteiger partial charge in [0.25, 0.3) is 5.69 Å². The Labute approximate surface area is 164 Å². The van der Waals surface area contributed by atoms with Gasteiger partial charge in [0.05, 0.1) is 16.2 Å². The number of aromatic nitrogens is 1. The summed E-state index contributed by atoms with van der Waals surface area (Å²) in [5.74, 6) is 0.0282. The van der Waals surface area contributed by atoms with Crippen LogP contribution in [0.4, 0.5) is 5.69 Å². The number of esters is 1. The van der Waals surface area contributed by atoms with Crippen molar-refractivity contribution < 1.29 is 14.5 Å². The van der Waals surface area contributed by atoms with Crippen molar-refractivity contribution in [2.24, 2.45) is 0 Å². The summed E-state index contributed by atoms with van der Waals surface area (Å²) in [6.07, 6.45) is 1.69. The SMILES string of the molecule is CC(=O)Oc1ccc(C=C(C#N)c2nc(-c3ccc([N+](=O)[O-])cc3)cs2)cc1. The molecule has 0 atom stereocenters. The molecule has 28 heavy (non-hydrogen) atoms. The smallest absolute Gasteiger partial charge is 0.308 e. The summed E-state index contributed by atoms with van der Waals surface area (Å²) in [7, 11) is 0. The molecule has 0 saturated carbocycles. The summed E-state index contributed by atoms with van der Waals surface area (Å²) >= 11 is 1.31. The number of rotatable bonds is 5. The lowest BCUT2D eigenvalue weighted by Crippen LogP contribution is -2.00. The standard InChI is InChI=1S/C20H13N3O4S/c1-13(24)27-18-8-2-14(3-9-18)10-16(11-21)20-22-19(12-28-20)15-4-6-17(7-5-15)23(25)26/h2-10,12H,1H3. The molecular weight excluding hydrogens is 378 g/mol. The minimum absolute atomic E-state index is 0.00834. The van der Waals surface area contributed by atoms with Crippen molar-refractivity contribution in [1.82, 2.24) is 4.98 Å². The molecule has 1 heterocycles. The number of thiazole rings is 1. The molecule has 3 aromatic rings. The Morgan fingerprint density at radius 2 is 1.89 bits per heavy atom. The van der Waals surface area contributed by atoms with E-state index in [0.29, 0.717) is 22.0 Å². The van der Waals surface area contributed by atoms with E-state index in [9.17, 15) is 20.2 Å². The fourth-order valence-electron chi connectivity index (χ4n) is 2.39. The van der Waals surface area contributed by atoms with E-state index in [1.165, 1.54) is 30.4 Å². The molecule has 0 aliphatic rings. The van der Waals surface area contributed by atoms with Crippen LogP contribution < -0.4 is 4.74 Å². The molecule has 138 valence electrons. The number of allylic oxidation sites excluding steroid dienone is 1. The van der Waals surface area contributed by atoms with Gasteiger partial charge in [-0.1, -0.05) is 12.1 Å². The van der Waals surface area contributed by atoms with E-state index in [1.807, 2.05) is 0 Å². The molecule has 0 radical (unpaired) electrons. The van der Waals surface area contributed by atoms with Crippen LogP contribution in [0.1, 0.15) is 17.5 Å². The van der Waals surface area contributed by atoms with Gasteiger partial charge in [0.1, 0.15) is 16.8 Å². The Morgan fingerprint density at radius 3 is 2.46 bits per heavy atom. The van der Waals surface area contributed by atoms with Crippen LogP contribution in [0.15, 0.2) is 53.9 Å². The molecule has 2 aromatic carbocycles.